The van der Waals surface area contributed by atoms with E-state index in [-0.39, 0.29) is 0 Å². The number of nitrogens with one attached hydrogen (secondary N) is 1. The van der Waals surface area contributed by atoms with Crippen LogP contribution in [0.1, 0.15) is 48.4 Å². The van der Waals surface area contributed by atoms with Gasteiger partial charge in [0.05, 0.1) is 0 Å². The second-order valence-corrected chi connectivity index (χ2v) is 5.63. The number of rotatable bonds is 3. The predicted octanol–water partition coefficient (Wildman–Crippen LogP) is 3.64. The molecule has 1 aliphatic carbocycles. The van der Waals surface area contributed by atoms with Crippen molar-refractivity contribution < 1.29 is 0 Å². The highest BCUT2D eigenvalue weighted by Crippen LogP contribution is 2.31. The second kappa shape index (κ2) is 4.21. The maximum absolute atomic E-state index is 3.70. The fourth-order valence-electron chi connectivity index (χ4n) is 2.40. The molecule has 0 aromatic heterocycles. The van der Waals surface area contributed by atoms with Crippen LogP contribution in [0.4, 0.5) is 0 Å². The molecular formula is C15H23N. The lowest BCUT2D eigenvalue weighted by Gasteiger charge is -2.39. The average Bonchev–Trinajstić information content (AvgIpc) is 2.19. The zero-order valence-corrected chi connectivity index (χ0v) is 11.0. The van der Waals surface area contributed by atoms with Crippen molar-refractivity contribution >= 4 is 0 Å². The minimum atomic E-state index is 0.408. The van der Waals surface area contributed by atoms with Gasteiger partial charge in [0.1, 0.15) is 0 Å². The van der Waals surface area contributed by atoms with Crippen LogP contribution >= 0.6 is 0 Å². The van der Waals surface area contributed by atoms with Gasteiger partial charge in [-0.1, -0.05) is 12.1 Å². The first-order valence-electron chi connectivity index (χ1n) is 6.32. The zero-order chi connectivity index (χ0) is 11.8. The zero-order valence-electron chi connectivity index (χ0n) is 11.0. The van der Waals surface area contributed by atoms with Gasteiger partial charge in [-0.05, 0) is 69.2 Å². The van der Waals surface area contributed by atoms with Gasteiger partial charge >= 0.3 is 0 Å². The molecule has 1 aromatic rings. The Morgan fingerprint density at radius 2 is 1.69 bits per heavy atom. The van der Waals surface area contributed by atoms with Crippen LogP contribution in [-0.4, -0.2) is 5.54 Å². The van der Waals surface area contributed by atoms with Gasteiger partial charge in [0.25, 0.3) is 0 Å². The molecule has 1 fully saturated rings. The Morgan fingerprint density at radius 1 is 1.06 bits per heavy atom. The van der Waals surface area contributed by atoms with Crippen LogP contribution < -0.4 is 5.32 Å². The van der Waals surface area contributed by atoms with Crippen LogP contribution in [0.15, 0.2) is 12.1 Å². The largest absolute Gasteiger partial charge is 0.307 e. The molecule has 0 atom stereocenters. The number of hydrogen-bond acceptors (Lipinski definition) is 1. The highest BCUT2D eigenvalue weighted by Gasteiger charge is 2.30. The molecule has 1 aromatic carbocycles. The summed E-state index contributed by atoms with van der Waals surface area (Å²) >= 11 is 0. The molecule has 88 valence electrons. The van der Waals surface area contributed by atoms with E-state index in [0.29, 0.717) is 5.54 Å². The maximum atomic E-state index is 3.70. The molecule has 0 radical (unpaired) electrons. The highest BCUT2D eigenvalue weighted by molar-refractivity contribution is 5.36. The summed E-state index contributed by atoms with van der Waals surface area (Å²) in [5, 5.41) is 3.70. The van der Waals surface area contributed by atoms with Crippen LogP contribution in [0.25, 0.3) is 0 Å². The number of hydrogen-bond donors (Lipinski definition) is 1. The van der Waals surface area contributed by atoms with Crippen molar-refractivity contribution in [3.8, 4) is 0 Å². The van der Waals surface area contributed by atoms with Crippen molar-refractivity contribution in [1.82, 2.24) is 5.32 Å². The van der Waals surface area contributed by atoms with E-state index in [4.69, 9.17) is 0 Å². The standard InChI is InChI=1S/C15H23N/c1-11-8-13(3)14(9-12(11)2)10-16-15(4)6-5-7-15/h8-9,16H,5-7,10H2,1-4H3. The minimum Gasteiger partial charge on any atom is -0.307 e. The fraction of sp³-hybridized carbons (Fsp3) is 0.600. The molecule has 0 unspecified atom stereocenters. The van der Waals surface area contributed by atoms with Crippen molar-refractivity contribution in [2.75, 3.05) is 0 Å². The molecule has 1 saturated carbocycles. The molecular weight excluding hydrogens is 194 g/mol. The van der Waals surface area contributed by atoms with Crippen molar-refractivity contribution in [3.63, 3.8) is 0 Å². The summed E-state index contributed by atoms with van der Waals surface area (Å²) in [4.78, 5) is 0. The van der Waals surface area contributed by atoms with Crippen molar-refractivity contribution in [2.24, 2.45) is 0 Å². The van der Waals surface area contributed by atoms with Crippen LogP contribution in [0, 0.1) is 20.8 Å². The topological polar surface area (TPSA) is 12.0 Å². The lowest BCUT2D eigenvalue weighted by molar-refractivity contribution is 0.206. The summed E-state index contributed by atoms with van der Waals surface area (Å²) in [6, 6.07) is 4.63. The first-order valence-corrected chi connectivity index (χ1v) is 6.32. The SMILES string of the molecule is Cc1cc(C)c(CNC2(C)CCC2)cc1C. The molecule has 2 rings (SSSR count). The van der Waals surface area contributed by atoms with Gasteiger partial charge < -0.3 is 5.32 Å². The van der Waals surface area contributed by atoms with E-state index in [9.17, 15) is 0 Å². The van der Waals surface area contributed by atoms with E-state index in [2.05, 4.69) is 45.1 Å². The summed E-state index contributed by atoms with van der Waals surface area (Å²) in [7, 11) is 0. The normalized spacial score (nSPS) is 18.2. The van der Waals surface area contributed by atoms with Gasteiger partial charge in [0.15, 0.2) is 0 Å². The summed E-state index contributed by atoms with van der Waals surface area (Å²) in [6.45, 7) is 9.96. The van der Waals surface area contributed by atoms with Crippen molar-refractivity contribution in [3.05, 3.63) is 34.4 Å². The average molecular weight is 217 g/mol. The molecule has 0 aliphatic heterocycles. The Bertz CT molecular complexity index is 389. The Hall–Kier alpha value is -0.820. The Morgan fingerprint density at radius 3 is 2.25 bits per heavy atom. The third kappa shape index (κ3) is 2.30. The van der Waals surface area contributed by atoms with Gasteiger partial charge in [-0.2, -0.15) is 0 Å². The van der Waals surface area contributed by atoms with E-state index in [0.717, 1.165) is 6.54 Å². The van der Waals surface area contributed by atoms with E-state index < -0.39 is 0 Å². The van der Waals surface area contributed by atoms with Crippen LogP contribution in [0.2, 0.25) is 0 Å². The van der Waals surface area contributed by atoms with Crippen LogP contribution in [0.5, 0.6) is 0 Å². The molecule has 1 N–H and O–H groups in total. The summed E-state index contributed by atoms with van der Waals surface area (Å²) in [5.41, 5.74) is 6.08. The molecule has 0 spiro atoms. The Kier molecular flexibility index (Phi) is 3.07. The first-order chi connectivity index (χ1) is 7.50. The van der Waals surface area contributed by atoms with E-state index in [1.807, 2.05) is 0 Å². The molecule has 0 saturated heterocycles. The van der Waals surface area contributed by atoms with Gasteiger partial charge in [0, 0.05) is 12.1 Å². The fourth-order valence-corrected chi connectivity index (χ4v) is 2.40. The molecule has 0 heterocycles. The van der Waals surface area contributed by atoms with Gasteiger partial charge in [-0.15, -0.1) is 0 Å². The van der Waals surface area contributed by atoms with Crippen molar-refractivity contribution in [2.45, 2.75) is 59.0 Å². The van der Waals surface area contributed by atoms with Crippen LogP contribution in [0.3, 0.4) is 0 Å². The van der Waals surface area contributed by atoms with Gasteiger partial charge in [0.2, 0.25) is 0 Å². The second-order valence-electron chi connectivity index (χ2n) is 5.63. The van der Waals surface area contributed by atoms with E-state index in [1.54, 1.807) is 0 Å². The number of benzene rings is 1. The highest BCUT2D eigenvalue weighted by atomic mass is 15.0. The monoisotopic (exact) mass is 217 g/mol. The van der Waals surface area contributed by atoms with E-state index in [1.165, 1.54) is 41.5 Å². The molecule has 0 bridgehead atoms. The lowest BCUT2D eigenvalue weighted by atomic mass is 9.78. The Labute approximate surface area is 99.3 Å². The maximum Gasteiger partial charge on any atom is 0.0213 e. The third-order valence-corrected chi connectivity index (χ3v) is 4.11. The Balaban J connectivity index is 2.06. The molecule has 1 nitrogen and oxygen atoms in total. The molecule has 16 heavy (non-hydrogen) atoms. The van der Waals surface area contributed by atoms with Gasteiger partial charge in [-0.25, -0.2) is 0 Å². The van der Waals surface area contributed by atoms with Crippen LogP contribution in [-0.2, 0) is 6.54 Å². The molecule has 1 heteroatoms. The smallest absolute Gasteiger partial charge is 0.0213 e. The summed E-state index contributed by atoms with van der Waals surface area (Å²) in [6.07, 6.45) is 4.04. The number of aryl methyl sites for hydroxylation is 3. The first kappa shape index (κ1) is 11.7. The molecule has 1 aliphatic rings. The predicted molar refractivity (Wildman–Crippen MR) is 69.7 cm³/mol. The lowest BCUT2D eigenvalue weighted by Crippen LogP contribution is -2.47. The minimum absolute atomic E-state index is 0.408. The summed E-state index contributed by atoms with van der Waals surface area (Å²) < 4.78 is 0. The van der Waals surface area contributed by atoms with E-state index >= 15 is 0 Å². The van der Waals surface area contributed by atoms with Crippen molar-refractivity contribution in [1.29, 1.82) is 0 Å². The quantitative estimate of drug-likeness (QED) is 0.815. The molecule has 0 amide bonds. The van der Waals surface area contributed by atoms with Gasteiger partial charge in [-0.3, -0.25) is 0 Å². The summed E-state index contributed by atoms with van der Waals surface area (Å²) in [5.74, 6) is 0. The third-order valence-electron chi connectivity index (χ3n) is 4.11.